The molecule has 33 heavy (non-hydrogen) atoms. The van der Waals surface area contributed by atoms with Crippen molar-refractivity contribution in [3.63, 3.8) is 0 Å². The second kappa shape index (κ2) is 9.79. The van der Waals surface area contributed by atoms with Crippen molar-refractivity contribution in [3.05, 3.63) is 94.6 Å². The third-order valence-corrected chi connectivity index (χ3v) is 5.56. The zero-order chi connectivity index (χ0) is 23.4. The molecule has 0 bridgehead atoms. The lowest BCUT2D eigenvalue weighted by Gasteiger charge is -2.16. The molecule has 0 saturated carbocycles. The summed E-state index contributed by atoms with van der Waals surface area (Å²) in [7, 11) is 1.59. The largest absolute Gasteiger partial charge is 0.497 e. The minimum absolute atomic E-state index is 0.116. The fraction of sp³-hybridized carbons (Fsp3) is 0.154. The second-order valence-electron chi connectivity index (χ2n) is 7.49. The van der Waals surface area contributed by atoms with E-state index in [0.717, 1.165) is 11.3 Å². The molecular formula is C26H23ClN2O4. The number of nitrogens with one attached hydrogen (secondary N) is 1. The molecule has 4 rings (SSSR count). The van der Waals surface area contributed by atoms with E-state index in [2.05, 4.69) is 5.32 Å². The first kappa shape index (κ1) is 22.4. The lowest BCUT2D eigenvalue weighted by Crippen LogP contribution is -2.36. The van der Waals surface area contributed by atoms with Crippen molar-refractivity contribution in [1.82, 2.24) is 4.90 Å². The summed E-state index contributed by atoms with van der Waals surface area (Å²) in [6.45, 7) is 2.17. The molecule has 0 aromatic heterocycles. The SMILES string of the molecule is COc1ccc(OCCN2C(=O)C(Nc3ccc(Cl)cc3C)=C(c3ccccc3)C2=O)cc1. The van der Waals surface area contributed by atoms with Gasteiger partial charge in [-0.1, -0.05) is 41.9 Å². The van der Waals surface area contributed by atoms with Crippen LogP contribution in [0.5, 0.6) is 11.5 Å². The smallest absolute Gasteiger partial charge is 0.278 e. The molecule has 1 aliphatic heterocycles. The highest BCUT2D eigenvalue weighted by molar-refractivity contribution is 6.36. The van der Waals surface area contributed by atoms with Gasteiger partial charge in [0.25, 0.3) is 11.8 Å². The van der Waals surface area contributed by atoms with E-state index in [1.54, 1.807) is 49.6 Å². The van der Waals surface area contributed by atoms with Gasteiger partial charge in [-0.25, -0.2) is 0 Å². The van der Waals surface area contributed by atoms with Crippen LogP contribution in [0.3, 0.4) is 0 Å². The number of nitrogens with zero attached hydrogens (tertiary/aromatic N) is 1. The summed E-state index contributed by atoms with van der Waals surface area (Å²) in [5.41, 5.74) is 2.81. The van der Waals surface area contributed by atoms with E-state index in [4.69, 9.17) is 21.1 Å². The predicted molar refractivity (Wildman–Crippen MR) is 128 cm³/mol. The molecule has 2 amide bonds. The maximum atomic E-state index is 13.3. The number of amides is 2. The fourth-order valence-corrected chi connectivity index (χ4v) is 3.82. The summed E-state index contributed by atoms with van der Waals surface area (Å²) in [6, 6.07) is 21.6. The Hall–Kier alpha value is -3.77. The van der Waals surface area contributed by atoms with Gasteiger partial charge in [-0.3, -0.25) is 14.5 Å². The van der Waals surface area contributed by atoms with Crippen LogP contribution in [-0.4, -0.2) is 37.0 Å². The maximum Gasteiger partial charge on any atom is 0.278 e. The molecule has 0 saturated heterocycles. The number of anilines is 1. The molecule has 0 atom stereocenters. The Morgan fingerprint density at radius 3 is 2.27 bits per heavy atom. The number of hydrogen-bond donors (Lipinski definition) is 1. The molecule has 1 N–H and O–H groups in total. The summed E-state index contributed by atoms with van der Waals surface area (Å²) < 4.78 is 10.9. The number of carbonyl (C=O) groups excluding carboxylic acids is 2. The van der Waals surface area contributed by atoms with Crippen molar-refractivity contribution < 1.29 is 19.1 Å². The highest BCUT2D eigenvalue weighted by Crippen LogP contribution is 2.31. The van der Waals surface area contributed by atoms with E-state index in [1.165, 1.54) is 4.90 Å². The first-order valence-electron chi connectivity index (χ1n) is 10.4. The van der Waals surface area contributed by atoms with Crippen molar-refractivity contribution in [2.75, 3.05) is 25.6 Å². The van der Waals surface area contributed by atoms with Crippen LogP contribution >= 0.6 is 11.6 Å². The minimum atomic E-state index is -0.397. The summed E-state index contributed by atoms with van der Waals surface area (Å²) in [5, 5.41) is 3.77. The zero-order valence-corrected chi connectivity index (χ0v) is 19.1. The van der Waals surface area contributed by atoms with Crippen LogP contribution in [0.25, 0.3) is 5.57 Å². The number of hydrogen-bond acceptors (Lipinski definition) is 5. The molecule has 3 aromatic carbocycles. The quantitative estimate of drug-likeness (QED) is 0.481. The van der Waals surface area contributed by atoms with Crippen LogP contribution < -0.4 is 14.8 Å². The molecule has 1 heterocycles. The van der Waals surface area contributed by atoms with Gasteiger partial charge in [0.15, 0.2) is 0 Å². The predicted octanol–water partition coefficient (Wildman–Crippen LogP) is 4.93. The number of ether oxygens (including phenoxy) is 2. The van der Waals surface area contributed by atoms with Gasteiger partial charge >= 0.3 is 0 Å². The summed E-state index contributed by atoms with van der Waals surface area (Å²) in [5.74, 6) is 0.587. The number of aryl methyl sites for hydroxylation is 1. The molecule has 168 valence electrons. The fourth-order valence-electron chi connectivity index (χ4n) is 3.60. The number of benzene rings is 3. The molecule has 1 aliphatic rings. The van der Waals surface area contributed by atoms with Gasteiger partial charge in [-0.15, -0.1) is 0 Å². The van der Waals surface area contributed by atoms with E-state index in [-0.39, 0.29) is 24.8 Å². The number of carbonyl (C=O) groups is 2. The lowest BCUT2D eigenvalue weighted by atomic mass is 10.0. The molecule has 3 aromatic rings. The maximum absolute atomic E-state index is 13.3. The third-order valence-electron chi connectivity index (χ3n) is 5.32. The monoisotopic (exact) mass is 462 g/mol. The normalized spacial score (nSPS) is 13.5. The molecule has 0 spiro atoms. The van der Waals surface area contributed by atoms with E-state index in [0.29, 0.717) is 27.6 Å². The average molecular weight is 463 g/mol. The van der Waals surface area contributed by atoms with Crippen molar-refractivity contribution in [1.29, 1.82) is 0 Å². The first-order valence-corrected chi connectivity index (χ1v) is 10.8. The second-order valence-corrected chi connectivity index (χ2v) is 7.92. The van der Waals surface area contributed by atoms with E-state index in [1.807, 2.05) is 37.3 Å². The Labute approximate surface area is 197 Å². The third kappa shape index (κ3) is 4.86. The molecule has 0 aliphatic carbocycles. The van der Waals surface area contributed by atoms with E-state index < -0.39 is 5.91 Å². The van der Waals surface area contributed by atoms with Crippen LogP contribution in [0.4, 0.5) is 5.69 Å². The van der Waals surface area contributed by atoms with Crippen molar-refractivity contribution in [3.8, 4) is 11.5 Å². The number of methoxy groups -OCH3 is 1. The van der Waals surface area contributed by atoms with Gasteiger partial charge in [0, 0.05) is 10.7 Å². The lowest BCUT2D eigenvalue weighted by molar-refractivity contribution is -0.137. The van der Waals surface area contributed by atoms with Gasteiger partial charge < -0.3 is 14.8 Å². The molecule has 6 nitrogen and oxygen atoms in total. The van der Waals surface area contributed by atoms with Gasteiger partial charge in [0.05, 0.1) is 19.2 Å². The molecule has 0 radical (unpaired) electrons. The number of halogens is 1. The highest BCUT2D eigenvalue weighted by Gasteiger charge is 2.39. The van der Waals surface area contributed by atoms with Gasteiger partial charge in [0.1, 0.15) is 23.8 Å². The molecule has 0 unspecified atom stereocenters. The Bertz CT molecular complexity index is 1210. The molecule has 0 fully saturated rings. The van der Waals surface area contributed by atoms with Crippen LogP contribution in [-0.2, 0) is 9.59 Å². The Balaban J connectivity index is 1.56. The number of rotatable bonds is 8. The van der Waals surface area contributed by atoms with Crippen LogP contribution in [0, 0.1) is 6.92 Å². The van der Waals surface area contributed by atoms with Gasteiger partial charge in [-0.2, -0.15) is 0 Å². The van der Waals surface area contributed by atoms with Crippen LogP contribution in [0.15, 0.2) is 78.5 Å². The zero-order valence-electron chi connectivity index (χ0n) is 18.3. The Morgan fingerprint density at radius 2 is 1.61 bits per heavy atom. The standard InChI is InChI=1S/C26H23ClN2O4/c1-17-16-19(27)8-13-22(17)28-24-23(18-6-4-3-5-7-18)25(30)29(26(24)31)14-15-33-21-11-9-20(32-2)10-12-21/h3-13,16,28H,14-15H2,1-2H3. The van der Waals surface area contributed by atoms with Gasteiger partial charge in [-0.05, 0) is 60.5 Å². The van der Waals surface area contributed by atoms with E-state index in [9.17, 15) is 9.59 Å². The summed E-state index contributed by atoms with van der Waals surface area (Å²) in [6.07, 6.45) is 0. The highest BCUT2D eigenvalue weighted by atomic mass is 35.5. The van der Waals surface area contributed by atoms with E-state index >= 15 is 0 Å². The van der Waals surface area contributed by atoms with Crippen molar-refractivity contribution in [2.24, 2.45) is 0 Å². The molecular weight excluding hydrogens is 440 g/mol. The number of imide groups is 1. The Morgan fingerprint density at radius 1 is 0.909 bits per heavy atom. The van der Waals surface area contributed by atoms with Crippen LogP contribution in [0.1, 0.15) is 11.1 Å². The topological polar surface area (TPSA) is 67.9 Å². The minimum Gasteiger partial charge on any atom is -0.497 e. The first-order chi connectivity index (χ1) is 16.0. The summed E-state index contributed by atoms with van der Waals surface area (Å²) >= 11 is 6.07. The molecule has 7 heteroatoms. The average Bonchev–Trinajstić information content (AvgIpc) is 3.06. The van der Waals surface area contributed by atoms with Gasteiger partial charge in [0.2, 0.25) is 0 Å². The Kier molecular flexibility index (Phi) is 6.66. The van der Waals surface area contributed by atoms with Crippen molar-refractivity contribution >= 4 is 34.7 Å². The van der Waals surface area contributed by atoms with Crippen LogP contribution in [0.2, 0.25) is 5.02 Å². The summed E-state index contributed by atoms with van der Waals surface area (Å²) in [4.78, 5) is 27.8. The van der Waals surface area contributed by atoms with Crippen molar-refractivity contribution in [2.45, 2.75) is 6.92 Å².